The van der Waals surface area contributed by atoms with Crippen molar-refractivity contribution in [3.8, 4) is 0 Å². The molecular weight excluding hydrogens is 222 g/mol. The molecule has 0 spiro atoms. The summed E-state index contributed by atoms with van der Waals surface area (Å²) in [6.45, 7) is 1.74. The topological polar surface area (TPSA) is 43.8 Å². The molecule has 0 aromatic carbocycles. The van der Waals surface area contributed by atoms with E-state index in [-0.39, 0.29) is 0 Å². The van der Waals surface area contributed by atoms with E-state index in [4.69, 9.17) is 5.73 Å². The van der Waals surface area contributed by atoms with Crippen molar-refractivity contribution in [1.29, 1.82) is 0 Å². The van der Waals surface area contributed by atoms with Crippen LogP contribution in [0.4, 0.5) is 0 Å². The molecule has 1 aromatic heterocycles. The first kappa shape index (κ1) is 11.0. The van der Waals surface area contributed by atoms with E-state index >= 15 is 0 Å². The van der Waals surface area contributed by atoms with Crippen LogP contribution in [-0.2, 0) is 13.1 Å². The standard InChI is InChI=1S/C15H23N3/c16-9-14-1-2-17-18(14)10-15-6-11-3-12(7-15)5-13(4-11)8-15/h1-2,11-13H,3-10,16H2. The van der Waals surface area contributed by atoms with Crippen molar-refractivity contribution < 1.29 is 0 Å². The van der Waals surface area contributed by atoms with Crippen molar-refractivity contribution in [2.45, 2.75) is 51.6 Å². The van der Waals surface area contributed by atoms with Gasteiger partial charge in [-0.3, -0.25) is 4.68 Å². The summed E-state index contributed by atoms with van der Waals surface area (Å²) in [5.74, 6) is 3.06. The third kappa shape index (κ3) is 1.63. The Morgan fingerprint density at radius 3 is 2.33 bits per heavy atom. The van der Waals surface area contributed by atoms with Crippen molar-refractivity contribution in [2.75, 3.05) is 0 Å². The number of rotatable bonds is 3. The minimum atomic E-state index is 0.560. The lowest BCUT2D eigenvalue weighted by atomic mass is 9.49. The lowest BCUT2D eigenvalue weighted by Crippen LogP contribution is -2.48. The van der Waals surface area contributed by atoms with Crippen LogP contribution in [0.5, 0.6) is 0 Å². The molecule has 4 saturated carbocycles. The highest BCUT2D eigenvalue weighted by Crippen LogP contribution is 2.60. The minimum absolute atomic E-state index is 0.560. The van der Waals surface area contributed by atoms with Crippen LogP contribution in [0.1, 0.15) is 44.2 Å². The molecule has 4 aliphatic carbocycles. The van der Waals surface area contributed by atoms with Crippen LogP contribution in [0, 0.1) is 23.2 Å². The Labute approximate surface area is 109 Å². The van der Waals surface area contributed by atoms with Gasteiger partial charge in [-0.05, 0) is 67.8 Å². The van der Waals surface area contributed by atoms with Crippen molar-refractivity contribution in [3.63, 3.8) is 0 Å². The largest absolute Gasteiger partial charge is 0.325 e. The van der Waals surface area contributed by atoms with E-state index in [0.717, 1.165) is 24.3 Å². The van der Waals surface area contributed by atoms with E-state index in [1.165, 1.54) is 44.2 Å². The smallest absolute Gasteiger partial charge is 0.0520 e. The van der Waals surface area contributed by atoms with Gasteiger partial charge in [-0.25, -0.2) is 0 Å². The van der Waals surface area contributed by atoms with Crippen LogP contribution in [-0.4, -0.2) is 9.78 Å². The molecule has 3 nitrogen and oxygen atoms in total. The van der Waals surface area contributed by atoms with Crippen molar-refractivity contribution >= 4 is 0 Å². The molecule has 1 aromatic rings. The summed E-state index contributed by atoms with van der Waals surface area (Å²) >= 11 is 0. The summed E-state index contributed by atoms with van der Waals surface area (Å²) in [6.07, 6.45) is 10.8. The van der Waals surface area contributed by atoms with Gasteiger partial charge in [0.2, 0.25) is 0 Å². The summed E-state index contributed by atoms with van der Waals surface area (Å²) in [6, 6.07) is 2.07. The molecule has 4 fully saturated rings. The van der Waals surface area contributed by atoms with E-state index in [2.05, 4.69) is 15.8 Å². The minimum Gasteiger partial charge on any atom is -0.325 e. The van der Waals surface area contributed by atoms with Gasteiger partial charge in [0, 0.05) is 19.3 Å². The number of hydrogen-bond donors (Lipinski definition) is 1. The van der Waals surface area contributed by atoms with Crippen LogP contribution >= 0.6 is 0 Å². The lowest BCUT2D eigenvalue weighted by Gasteiger charge is -2.56. The quantitative estimate of drug-likeness (QED) is 0.889. The molecule has 2 N–H and O–H groups in total. The summed E-state index contributed by atoms with van der Waals surface area (Å²) < 4.78 is 2.19. The molecule has 0 atom stereocenters. The Kier molecular flexibility index (Phi) is 2.35. The number of nitrogens with zero attached hydrogens (tertiary/aromatic N) is 2. The fraction of sp³-hybridized carbons (Fsp3) is 0.800. The third-order valence-corrected chi connectivity index (χ3v) is 5.66. The normalized spacial score (nSPS) is 41.5. The van der Waals surface area contributed by atoms with Crippen LogP contribution in [0.25, 0.3) is 0 Å². The van der Waals surface area contributed by atoms with Crippen LogP contribution in [0.3, 0.4) is 0 Å². The van der Waals surface area contributed by atoms with Gasteiger partial charge < -0.3 is 5.73 Å². The maximum absolute atomic E-state index is 5.80. The second-order valence-corrected chi connectivity index (χ2v) is 7.10. The Bertz CT molecular complexity index is 413. The summed E-state index contributed by atoms with van der Waals surface area (Å²) in [5.41, 5.74) is 7.56. The highest BCUT2D eigenvalue weighted by molar-refractivity contribution is 5.05. The Hall–Kier alpha value is -0.830. The molecule has 4 aliphatic rings. The average molecular weight is 245 g/mol. The van der Waals surface area contributed by atoms with Gasteiger partial charge in [-0.15, -0.1) is 0 Å². The third-order valence-electron chi connectivity index (χ3n) is 5.66. The molecule has 4 bridgehead atoms. The van der Waals surface area contributed by atoms with Crippen LogP contribution in [0.15, 0.2) is 12.3 Å². The van der Waals surface area contributed by atoms with Crippen molar-refractivity contribution in [2.24, 2.45) is 28.9 Å². The number of nitrogens with two attached hydrogens (primary N) is 1. The number of aromatic nitrogens is 2. The van der Waals surface area contributed by atoms with Gasteiger partial charge >= 0.3 is 0 Å². The van der Waals surface area contributed by atoms with Gasteiger partial charge in [0.1, 0.15) is 0 Å². The second kappa shape index (κ2) is 3.83. The first-order chi connectivity index (χ1) is 8.76. The Morgan fingerprint density at radius 1 is 1.17 bits per heavy atom. The molecule has 5 rings (SSSR count). The SMILES string of the molecule is NCc1ccnn1CC12CC3CC(CC(C3)C1)C2. The van der Waals surface area contributed by atoms with E-state index in [0.29, 0.717) is 12.0 Å². The fourth-order valence-electron chi connectivity index (χ4n) is 5.48. The molecule has 0 unspecified atom stereocenters. The highest BCUT2D eigenvalue weighted by Gasteiger charge is 2.51. The van der Waals surface area contributed by atoms with Crippen LogP contribution in [0.2, 0.25) is 0 Å². The van der Waals surface area contributed by atoms with E-state index in [1.807, 2.05) is 6.20 Å². The average Bonchev–Trinajstić information content (AvgIpc) is 2.73. The lowest BCUT2D eigenvalue weighted by molar-refractivity contribution is -0.0639. The zero-order chi connectivity index (χ0) is 12.2. The first-order valence-corrected chi connectivity index (χ1v) is 7.47. The number of hydrogen-bond acceptors (Lipinski definition) is 2. The summed E-state index contributed by atoms with van der Waals surface area (Å²) in [5, 5.41) is 4.50. The van der Waals surface area contributed by atoms with E-state index in [9.17, 15) is 0 Å². The maximum atomic E-state index is 5.80. The fourth-order valence-corrected chi connectivity index (χ4v) is 5.48. The summed E-state index contributed by atoms with van der Waals surface area (Å²) in [7, 11) is 0. The Morgan fingerprint density at radius 2 is 1.78 bits per heavy atom. The second-order valence-electron chi connectivity index (χ2n) is 7.10. The van der Waals surface area contributed by atoms with Gasteiger partial charge in [-0.2, -0.15) is 5.10 Å². The monoisotopic (exact) mass is 245 g/mol. The van der Waals surface area contributed by atoms with E-state index in [1.54, 1.807) is 0 Å². The molecule has 0 radical (unpaired) electrons. The highest BCUT2D eigenvalue weighted by atomic mass is 15.3. The molecule has 0 aliphatic heterocycles. The zero-order valence-corrected chi connectivity index (χ0v) is 11.0. The predicted molar refractivity (Wildman–Crippen MR) is 70.7 cm³/mol. The van der Waals surface area contributed by atoms with Crippen LogP contribution < -0.4 is 5.73 Å². The van der Waals surface area contributed by atoms with Gasteiger partial charge in [0.15, 0.2) is 0 Å². The van der Waals surface area contributed by atoms with E-state index < -0.39 is 0 Å². The molecule has 3 heteroatoms. The van der Waals surface area contributed by atoms with Crippen molar-refractivity contribution in [3.05, 3.63) is 18.0 Å². The maximum Gasteiger partial charge on any atom is 0.0520 e. The molecule has 18 heavy (non-hydrogen) atoms. The van der Waals surface area contributed by atoms with Gasteiger partial charge in [0.05, 0.1) is 5.69 Å². The van der Waals surface area contributed by atoms with Gasteiger partial charge in [-0.1, -0.05) is 0 Å². The molecule has 0 amide bonds. The molecule has 1 heterocycles. The molecular formula is C15H23N3. The molecule has 98 valence electrons. The zero-order valence-electron chi connectivity index (χ0n) is 11.0. The van der Waals surface area contributed by atoms with Crippen molar-refractivity contribution in [1.82, 2.24) is 9.78 Å². The summed E-state index contributed by atoms with van der Waals surface area (Å²) in [4.78, 5) is 0. The first-order valence-electron chi connectivity index (χ1n) is 7.47. The Balaban J connectivity index is 1.61. The molecule has 0 saturated heterocycles. The van der Waals surface area contributed by atoms with Gasteiger partial charge in [0.25, 0.3) is 0 Å². The predicted octanol–water partition coefficient (Wildman–Crippen LogP) is 2.56.